The van der Waals surface area contributed by atoms with Crippen molar-refractivity contribution in [2.75, 3.05) is 44.2 Å². The van der Waals surface area contributed by atoms with Gasteiger partial charge in [-0.15, -0.1) is 0 Å². The summed E-state index contributed by atoms with van der Waals surface area (Å²) in [5.41, 5.74) is 1.14. The van der Waals surface area contributed by atoms with Crippen LogP contribution in [0, 0.1) is 0 Å². The van der Waals surface area contributed by atoms with Gasteiger partial charge in [0.15, 0.2) is 0 Å². The molecule has 0 unspecified atom stereocenters. The molecule has 1 aliphatic carbocycles. The van der Waals surface area contributed by atoms with E-state index in [1.165, 1.54) is 5.69 Å². The van der Waals surface area contributed by atoms with E-state index in [0.29, 0.717) is 12.1 Å². The lowest BCUT2D eigenvalue weighted by atomic mass is 10.0. The molecule has 2 N–H and O–H groups in total. The number of nitrogens with one attached hydrogen (secondary N) is 1. The number of amides is 1. The SMILES string of the molecule is CCN1CCN(c2ccc(C(=O)NCC3(O)CCCC3)cc2)CC1. The van der Waals surface area contributed by atoms with Crippen LogP contribution in [0.25, 0.3) is 0 Å². The van der Waals surface area contributed by atoms with Gasteiger partial charge in [-0.25, -0.2) is 0 Å². The van der Waals surface area contributed by atoms with Crippen molar-refractivity contribution in [2.45, 2.75) is 38.2 Å². The fourth-order valence-corrected chi connectivity index (χ4v) is 3.70. The van der Waals surface area contributed by atoms with Crippen LogP contribution in [0.5, 0.6) is 0 Å². The van der Waals surface area contributed by atoms with Gasteiger partial charge in [0.05, 0.1) is 5.60 Å². The van der Waals surface area contributed by atoms with Crippen LogP contribution in [-0.2, 0) is 0 Å². The number of aliphatic hydroxyl groups is 1. The van der Waals surface area contributed by atoms with Crippen molar-refractivity contribution < 1.29 is 9.90 Å². The Hall–Kier alpha value is -1.59. The van der Waals surface area contributed by atoms with Crippen molar-refractivity contribution in [3.63, 3.8) is 0 Å². The monoisotopic (exact) mass is 331 g/mol. The fourth-order valence-electron chi connectivity index (χ4n) is 3.70. The normalized spacial score (nSPS) is 21.0. The molecule has 1 amide bonds. The minimum Gasteiger partial charge on any atom is -0.388 e. The van der Waals surface area contributed by atoms with E-state index in [9.17, 15) is 9.90 Å². The zero-order chi connectivity index (χ0) is 17.0. The van der Waals surface area contributed by atoms with Gasteiger partial charge >= 0.3 is 0 Å². The Morgan fingerprint density at radius 1 is 1.12 bits per heavy atom. The lowest BCUT2D eigenvalue weighted by Gasteiger charge is -2.35. The number of likely N-dealkylation sites (N-methyl/N-ethyl adjacent to an activating group) is 1. The van der Waals surface area contributed by atoms with E-state index in [0.717, 1.165) is 58.4 Å². The van der Waals surface area contributed by atoms with Gasteiger partial charge in [0.25, 0.3) is 5.91 Å². The zero-order valence-electron chi connectivity index (χ0n) is 14.6. The first-order valence-electron chi connectivity index (χ1n) is 9.18. The molecule has 0 atom stereocenters. The molecule has 5 heteroatoms. The molecule has 24 heavy (non-hydrogen) atoms. The summed E-state index contributed by atoms with van der Waals surface area (Å²) in [6, 6.07) is 7.83. The van der Waals surface area contributed by atoms with Gasteiger partial charge in [-0.05, 0) is 43.7 Å². The van der Waals surface area contributed by atoms with E-state index in [1.807, 2.05) is 24.3 Å². The molecular weight excluding hydrogens is 302 g/mol. The molecule has 5 nitrogen and oxygen atoms in total. The average Bonchev–Trinajstić information content (AvgIpc) is 3.07. The van der Waals surface area contributed by atoms with Crippen molar-refractivity contribution in [3.05, 3.63) is 29.8 Å². The van der Waals surface area contributed by atoms with Gasteiger partial charge in [0.1, 0.15) is 0 Å². The molecule has 1 saturated carbocycles. The van der Waals surface area contributed by atoms with Crippen LogP contribution in [0.4, 0.5) is 5.69 Å². The van der Waals surface area contributed by atoms with Crippen LogP contribution in [0.2, 0.25) is 0 Å². The third-order valence-electron chi connectivity index (χ3n) is 5.43. The summed E-state index contributed by atoms with van der Waals surface area (Å²) >= 11 is 0. The third kappa shape index (κ3) is 4.08. The first kappa shape index (κ1) is 17.2. The van der Waals surface area contributed by atoms with Gasteiger partial charge in [-0.3, -0.25) is 4.79 Å². The number of carbonyl (C=O) groups excluding carboxylic acids is 1. The Kier molecular flexibility index (Phi) is 5.41. The predicted molar refractivity (Wildman–Crippen MR) is 96.5 cm³/mol. The molecule has 0 aromatic heterocycles. The highest BCUT2D eigenvalue weighted by molar-refractivity contribution is 5.94. The van der Waals surface area contributed by atoms with E-state index >= 15 is 0 Å². The number of hydrogen-bond donors (Lipinski definition) is 2. The van der Waals surface area contributed by atoms with E-state index in [2.05, 4.69) is 22.0 Å². The van der Waals surface area contributed by atoms with Crippen LogP contribution >= 0.6 is 0 Å². The topological polar surface area (TPSA) is 55.8 Å². The summed E-state index contributed by atoms with van der Waals surface area (Å²) in [4.78, 5) is 17.1. The highest BCUT2D eigenvalue weighted by Crippen LogP contribution is 2.28. The maximum Gasteiger partial charge on any atom is 0.251 e. The largest absolute Gasteiger partial charge is 0.388 e. The molecule has 132 valence electrons. The Balaban J connectivity index is 1.53. The smallest absolute Gasteiger partial charge is 0.251 e. The van der Waals surface area contributed by atoms with Crippen molar-refractivity contribution in [1.29, 1.82) is 0 Å². The number of benzene rings is 1. The second kappa shape index (κ2) is 7.53. The molecule has 1 aromatic rings. The minimum absolute atomic E-state index is 0.0994. The maximum absolute atomic E-state index is 12.3. The summed E-state index contributed by atoms with van der Waals surface area (Å²) in [6.07, 6.45) is 3.67. The van der Waals surface area contributed by atoms with Crippen LogP contribution in [0.15, 0.2) is 24.3 Å². The molecule has 2 fully saturated rings. The minimum atomic E-state index is -0.700. The van der Waals surface area contributed by atoms with Gasteiger partial charge in [0.2, 0.25) is 0 Å². The Morgan fingerprint density at radius 2 is 1.75 bits per heavy atom. The van der Waals surface area contributed by atoms with Crippen molar-refractivity contribution >= 4 is 11.6 Å². The molecule has 2 aliphatic rings. The summed E-state index contributed by atoms with van der Waals surface area (Å²) in [5, 5.41) is 13.2. The van der Waals surface area contributed by atoms with Crippen LogP contribution in [0.3, 0.4) is 0 Å². The second-order valence-electron chi connectivity index (χ2n) is 7.08. The molecule has 0 radical (unpaired) electrons. The van der Waals surface area contributed by atoms with Crippen molar-refractivity contribution in [1.82, 2.24) is 10.2 Å². The molecule has 1 saturated heterocycles. The summed E-state index contributed by atoms with van der Waals surface area (Å²) in [6.45, 7) is 7.92. The Morgan fingerprint density at radius 3 is 2.33 bits per heavy atom. The van der Waals surface area contributed by atoms with E-state index in [4.69, 9.17) is 0 Å². The third-order valence-corrected chi connectivity index (χ3v) is 5.43. The molecule has 1 aromatic carbocycles. The summed E-state index contributed by atoms with van der Waals surface area (Å²) in [7, 11) is 0. The zero-order valence-corrected chi connectivity index (χ0v) is 14.6. The Bertz CT molecular complexity index is 544. The van der Waals surface area contributed by atoms with E-state index in [-0.39, 0.29) is 5.91 Å². The molecular formula is C19H29N3O2. The first-order valence-corrected chi connectivity index (χ1v) is 9.18. The van der Waals surface area contributed by atoms with Gasteiger partial charge < -0.3 is 20.2 Å². The lowest BCUT2D eigenvalue weighted by molar-refractivity contribution is 0.0449. The highest BCUT2D eigenvalue weighted by Gasteiger charge is 2.31. The van der Waals surface area contributed by atoms with Gasteiger partial charge in [-0.2, -0.15) is 0 Å². The van der Waals surface area contributed by atoms with Crippen LogP contribution in [0.1, 0.15) is 43.0 Å². The quantitative estimate of drug-likeness (QED) is 0.865. The number of carbonyl (C=O) groups is 1. The number of anilines is 1. The van der Waals surface area contributed by atoms with Crippen molar-refractivity contribution in [2.24, 2.45) is 0 Å². The summed E-state index contributed by atoms with van der Waals surface area (Å²) < 4.78 is 0. The Labute approximate surface area is 144 Å². The maximum atomic E-state index is 12.3. The predicted octanol–water partition coefficient (Wildman–Crippen LogP) is 1.86. The molecule has 0 spiro atoms. The number of nitrogens with zero attached hydrogens (tertiary/aromatic N) is 2. The van der Waals surface area contributed by atoms with Gasteiger partial charge in [-0.1, -0.05) is 19.8 Å². The fraction of sp³-hybridized carbons (Fsp3) is 0.632. The lowest BCUT2D eigenvalue weighted by Crippen LogP contribution is -2.46. The van der Waals surface area contributed by atoms with Crippen LogP contribution < -0.4 is 10.2 Å². The molecule has 0 bridgehead atoms. The standard InChI is InChI=1S/C19H29N3O2/c1-2-21-11-13-22(14-12-21)17-7-5-16(6-8-17)18(23)20-15-19(24)9-3-4-10-19/h5-8,24H,2-4,9-15H2,1H3,(H,20,23). The number of rotatable bonds is 5. The highest BCUT2D eigenvalue weighted by atomic mass is 16.3. The number of hydrogen-bond acceptors (Lipinski definition) is 4. The first-order chi connectivity index (χ1) is 11.6. The summed E-state index contributed by atoms with van der Waals surface area (Å²) in [5.74, 6) is -0.0994. The molecule has 1 aliphatic heterocycles. The average molecular weight is 331 g/mol. The van der Waals surface area contributed by atoms with E-state index in [1.54, 1.807) is 0 Å². The van der Waals surface area contributed by atoms with Gasteiger partial charge in [0, 0.05) is 44.0 Å². The second-order valence-corrected chi connectivity index (χ2v) is 7.08. The van der Waals surface area contributed by atoms with E-state index < -0.39 is 5.60 Å². The van der Waals surface area contributed by atoms with Crippen molar-refractivity contribution in [3.8, 4) is 0 Å². The van der Waals surface area contributed by atoms with Crippen LogP contribution in [-0.4, -0.2) is 60.8 Å². The molecule has 3 rings (SSSR count). The molecule has 1 heterocycles. The number of piperazine rings is 1.